The number of alkyl carbamates (subject to hydrolysis) is 1. The number of aromatic nitrogens is 1. The summed E-state index contributed by atoms with van der Waals surface area (Å²) in [4.78, 5) is 30.5. The largest absolute Gasteiger partial charge is 0.441 e. The van der Waals surface area contributed by atoms with Crippen LogP contribution in [0.4, 0.5) is 10.5 Å². The van der Waals surface area contributed by atoms with Gasteiger partial charge in [-0.25, -0.2) is 4.79 Å². The lowest BCUT2D eigenvalue weighted by Gasteiger charge is -2.22. The maximum atomic E-state index is 13.0. The number of halogens is 1. The van der Waals surface area contributed by atoms with Crippen LogP contribution in [0.5, 0.6) is 0 Å². The third kappa shape index (κ3) is 6.90. The summed E-state index contributed by atoms with van der Waals surface area (Å²) >= 11 is 10.5. The van der Waals surface area contributed by atoms with E-state index in [-0.39, 0.29) is 5.91 Å². The third-order valence-corrected chi connectivity index (χ3v) is 6.37. The average molecular weight is 532 g/mol. The van der Waals surface area contributed by atoms with Gasteiger partial charge in [-0.3, -0.25) is 9.78 Å². The van der Waals surface area contributed by atoms with Crippen molar-refractivity contribution in [1.82, 2.24) is 10.3 Å². The van der Waals surface area contributed by atoms with E-state index in [2.05, 4.69) is 28.2 Å². The number of rotatable bonds is 8. The monoisotopic (exact) mass is 531 g/mol. The van der Waals surface area contributed by atoms with Crippen molar-refractivity contribution < 1.29 is 14.3 Å². The lowest BCUT2D eigenvalue weighted by atomic mass is 10.0. The fourth-order valence-corrected chi connectivity index (χ4v) is 4.28. The van der Waals surface area contributed by atoms with E-state index in [0.717, 1.165) is 16.7 Å². The number of pyridine rings is 1. The molecule has 0 saturated heterocycles. The topological polar surface area (TPSA) is 80.3 Å². The van der Waals surface area contributed by atoms with Crippen LogP contribution in [0, 0.1) is 0 Å². The molecule has 0 spiro atoms. The quantitative estimate of drug-likeness (QED) is 0.209. The molecule has 0 fully saturated rings. The van der Waals surface area contributed by atoms with Gasteiger partial charge < -0.3 is 15.4 Å². The van der Waals surface area contributed by atoms with Crippen LogP contribution in [0.2, 0.25) is 5.02 Å². The van der Waals surface area contributed by atoms with Gasteiger partial charge >= 0.3 is 6.09 Å². The second-order valence-electron chi connectivity index (χ2n) is 8.32. The van der Waals surface area contributed by atoms with E-state index in [9.17, 15) is 9.59 Å². The number of thiol groups is 1. The first-order valence-electron chi connectivity index (χ1n) is 11.8. The zero-order chi connectivity index (χ0) is 26.2. The Morgan fingerprint density at radius 3 is 2.30 bits per heavy atom. The predicted molar refractivity (Wildman–Crippen MR) is 148 cm³/mol. The Labute approximate surface area is 226 Å². The van der Waals surface area contributed by atoms with Gasteiger partial charge in [0, 0.05) is 22.9 Å². The molecule has 2 amide bonds. The minimum absolute atomic E-state index is 0.249. The summed E-state index contributed by atoms with van der Waals surface area (Å²) in [7, 11) is 0. The zero-order valence-electron chi connectivity index (χ0n) is 20.1. The van der Waals surface area contributed by atoms with Crippen LogP contribution in [0.25, 0.3) is 0 Å². The van der Waals surface area contributed by atoms with Gasteiger partial charge in [-0.2, -0.15) is 0 Å². The summed E-state index contributed by atoms with van der Waals surface area (Å²) in [6, 6.07) is 25.1. The first-order chi connectivity index (χ1) is 17.9. The van der Waals surface area contributed by atoms with Crippen LogP contribution in [0.15, 0.2) is 102 Å². The molecule has 37 heavy (non-hydrogen) atoms. The normalized spacial score (nSPS) is 12.3. The fourth-order valence-electron chi connectivity index (χ4n) is 3.88. The van der Waals surface area contributed by atoms with Crippen molar-refractivity contribution in [3.05, 3.63) is 125 Å². The minimum Gasteiger partial charge on any atom is -0.441 e. The molecule has 0 aliphatic heterocycles. The van der Waals surface area contributed by atoms with E-state index in [4.69, 9.17) is 16.3 Å². The highest BCUT2D eigenvalue weighted by Crippen LogP contribution is 2.26. The maximum Gasteiger partial charge on any atom is 0.408 e. The van der Waals surface area contributed by atoms with Crippen LogP contribution in [-0.2, 0) is 4.74 Å². The number of carbonyl (C=O) groups excluding carboxylic acids is 2. The Kier molecular flexibility index (Phi) is 8.82. The summed E-state index contributed by atoms with van der Waals surface area (Å²) in [5.41, 5.74) is 3.51. The molecule has 0 bridgehead atoms. The Hall–Kier alpha value is -3.81. The second-order valence-corrected chi connectivity index (χ2v) is 9.24. The summed E-state index contributed by atoms with van der Waals surface area (Å²) in [6.07, 6.45) is 2.69. The van der Waals surface area contributed by atoms with E-state index in [0.29, 0.717) is 27.6 Å². The molecule has 2 atom stereocenters. The second kappa shape index (κ2) is 12.4. The minimum atomic E-state index is -0.576. The zero-order valence-corrected chi connectivity index (χ0v) is 21.7. The van der Waals surface area contributed by atoms with Crippen LogP contribution in [0.3, 0.4) is 0 Å². The van der Waals surface area contributed by atoms with Crippen molar-refractivity contribution >= 4 is 41.9 Å². The molecule has 3 aromatic carbocycles. The van der Waals surface area contributed by atoms with E-state index < -0.39 is 18.2 Å². The number of benzene rings is 3. The lowest BCUT2D eigenvalue weighted by Crippen LogP contribution is -2.31. The lowest BCUT2D eigenvalue weighted by molar-refractivity contribution is 0.0930. The number of nitrogens with one attached hydrogen (secondary N) is 2. The van der Waals surface area contributed by atoms with Gasteiger partial charge in [-0.1, -0.05) is 73.1 Å². The Bertz CT molecular complexity index is 1370. The first kappa shape index (κ1) is 26.3. The number of anilines is 1. The van der Waals surface area contributed by atoms with Gasteiger partial charge in [0.05, 0.1) is 16.8 Å². The number of ether oxygens (including phenoxy) is 1. The number of hydrogen-bond acceptors (Lipinski definition) is 5. The maximum absolute atomic E-state index is 13.0. The number of hydrogen-bond donors (Lipinski definition) is 3. The van der Waals surface area contributed by atoms with Crippen LogP contribution >= 0.6 is 24.2 Å². The molecule has 8 heteroatoms. The van der Waals surface area contributed by atoms with E-state index >= 15 is 0 Å². The van der Waals surface area contributed by atoms with E-state index in [1.165, 1.54) is 0 Å². The molecular formula is C29H26ClN3O3S. The Balaban J connectivity index is 1.45. The molecule has 188 valence electrons. The number of para-hydroxylation sites is 1. The summed E-state index contributed by atoms with van der Waals surface area (Å²) in [5, 5.41) is 6.27. The highest BCUT2D eigenvalue weighted by molar-refractivity contribution is 7.80. The first-order valence-corrected chi connectivity index (χ1v) is 12.6. The highest BCUT2D eigenvalue weighted by atomic mass is 35.5. The summed E-state index contributed by atoms with van der Waals surface area (Å²) in [6.45, 7) is 1.93. The van der Waals surface area contributed by atoms with Crippen molar-refractivity contribution in [3.8, 4) is 0 Å². The van der Waals surface area contributed by atoms with Crippen LogP contribution in [0.1, 0.15) is 52.5 Å². The number of nitrogens with zero attached hydrogens (tertiary/aromatic N) is 1. The smallest absolute Gasteiger partial charge is 0.408 e. The summed E-state index contributed by atoms with van der Waals surface area (Å²) in [5.74, 6) is -0.249. The molecule has 6 nitrogen and oxygen atoms in total. The van der Waals surface area contributed by atoms with E-state index in [1.54, 1.807) is 54.9 Å². The fraction of sp³-hybridized carbons (Fsp3) is 0.138. The van der Waals surface area contributed by atoms with Crippen LogP contribution < -0.4 is 10.6 Å². The Morgan fingerprint density at radius 2 is 1.62 bits per heavy atom. The van der Waals surface area contributed by atoms with Crippen molar-refractivity contribution in [2.75, 3.05) is 5.32 Å². The Morgan fingerprint density at radius 1 is 0.919 bits per heavy atom. The van der Waals surface area contributed by atoms with Crippen molar-refractivity contribution in [3.63, 3.8) is 0 Å². The standard InChI is InChI=1S/C29H26ClN3O3S/c1-2-25(19-12-14-21(15-13-19)28(34)32-24-10-6-7-11-26(24)37)36-29(35)33-27(20-8-4-3-5-9-20)22-16-23(30)18-31-17-22/h3-18,25,27,37H,2H2,1H3,(H,32,34)(H,33,35)/t25-,27-/m0/s1. The molecule has 1 heterocycles. The van der Waals surface area contributed by atoms with Gasteiger partial charge in [-0.15, -0.1) is 12.6 Å². The van der Waals surface area contributed by atoms with Crippen LogP contribution in [-0.4, -0.2) is 17.0 Å². The molecule has 0 aliphatic carbocycles. The van der Waals surface area contributed by atoms with E-state index in [1.807, 2.05) is 49.4 Å². The molecule has 0 saturated carbocycles. The predicted octanol–water partition coefficient (Wildman–Crippen LogP) is 7.24. The SMILES string of the molecule is CC[C@H](OC(=O)N[C@@H](c1ccccc1)c1cncc(Cl)c1)c1ccc(C(=O)Nc2ccccc2S)cc1. The van der Waals surface area contributed by atoms with Gasteiger partial charge in [-0.05, 0) is 53.4 Å². The average Bonchev–Trinajstić information content (AvgIpc) is 2.92. The molecular weight excluding hydrogens is 506 g/mol. The molecule has 2 N–H and O–H groups in total. The molecule has 1 aromatic heterocycles. The van der Waals surface area contributed by atoms with Gasteiger partial charge in [0.15, 0.2) is 0 Å². The molecule has 4 aromatic rings. The molecule has 0 radical (unpaired) electrons. The summed E-state index contributed by atoms with van der Waals surface area (Å²) < 4.78 is 5.79. The molecule has 4 rings (SSSR count). The highest BCUT2D eigenvalue weighted by Gasteiger charge is 2.22. The molecule has 0 aliphatic rings. The number of carbonyl (C=O) groups is 2. The molecule has 0 unspecified atom stereocenters. The van der Waals surface area contributed by atoms with Gasteiger partial charge in [0.25, 0.3) is 5.91 Å². The van der Waals surface area contributed by atoms with Gasteiger partial charge in [0.2, 0.25) is 0 Å². The van der Waals surface area contributed by atoms with Crippen molar-refractivity contribution in [2.45, 2.75) is 30.4 Å². The number of amides is 2. The van der Waals surface area contributed by atoms with Gasteiger partial charge in [0.1, 0.15) is 6.10 Å². The van der Waals surface area contributed by atoms with Crippen molar-refractivity contribution in [2.24, 2.45) is 0 Å². The third-order valence-electron chi connectivity index (χ3n) is 5.77. The van der Waals surface area contributed by atoms with Crippen molar-refractivity contribution in [1.29, 1.82) is 0 Å².